The van der Waals surface area contributed by atoms with Crippen molar-refractivity contribution in [1.82, 2.24) is 4.98 Å². The molecule has 1 aromatic heterocycles. The summed E-state index contributed by atoms with van der Waals surface area (Å²) in [5, 5.41) is 0. The summed E-state index contributed by atoms with van der Waals surface area (Å²) in [6.07, 6.45) is 3.26. The number of carbonyl (C=O) groups excluding carboxylic acids is 1. The van der Waals surface area contributed by atoms with Gasteiger partial charge in [0.15, 0.2) is 0 Å². The molecule has 1 aliphatic rings. The van der Waals surface area contributed by atoms with E-state index in [1.807, 2.05) is 12.1 Å². The van der Waals surface area contributed by atoms with Crippen LogP contribution in [0.2, 0.25) is 0 Å². The van der Waals surface area contributed by atoms with Gasteiger partial charge in [0, 0.05) is 25.0 Å². The molecule has 1 atom stereocenters. The summed E-state index contributed by atoms with van der Waals surface area (Å²) in [5.41, 5.74) is 1.20. The minimum atomic E-state index is 0.131. The van der Waals surface area contributed by atoms with Crippen LogP contribution in [-0.4, -0.2) is 23.3 Å². The normalized spacial score (nSPS) is 20.5. The molecule has 2 heterocycles. The molecule has 3 nitrogen and oxygen atoms in total. The Balaban J connectivity index is 2.20. The molecule has 0 aliphatic carbocycles. The van der Waals surface area contributed by atoms with E-state index in [0.29, 0.717) is 18.8 Å². The van der Waals surface area contributed by atoms with Crippen LogP contribution in [-0.2, 0) is 11.2 Å². The summed E-state index contributed by atoms with van der Waals surface area (Å²) >= 11 is 5.79. The molecular formula is C12H15ClN2O. The molecule has 1 aliphatic heterocycles. The van der Waals surface area contributed by atoms with Crippen molar-refractivity contribution < 1.29 is 4.79 Å². The average molecular weight is 239 g/mol. The minimum Gasteiger partial charge on any atom is -0.296 e. The van der Waals surface area contributed by atoms with Crippen LogP contribution in [0.15, 0.2) is 18.3 Å². The second kappa shape index (κ2) is 4.83. The first-order valence-electron chi connectivity index (χ1n) is 5.55. The molecule has 16 heavy (non-hydrogen) atoms. The quantitative estimate of drug-likeness (QED) is 0.757. The highest BCUT2D eigenvalue weighted by atomic mass is 35.5. The number of alkyl halides is 1. The van der Waals surface area contributed by atoms with Crippen molar-refractivity contribution in [2.24, 2.45) is 5.92 Å². The number of halogens is 1. The average Bonchev–Trinajstić information content (AvgIpc) is 2.71. The number of nitrogens with zero attached hydrogens (tertiary/aromatic N) is 2. The summed E-state index contributed by atoms with van der Waals surface area (Å²) in [7, 11) is 0. The Labute approximate surface area is 100 Å². The zero-order chi connectivity index (χ0) is 11.5. The number of aromatic nitrogens is 1. The van der Waals surface area contributed by atoms with E-state index in [0.717, 1.165) is 12.2 Å². The maximum absolute atomic E-state index is 11.8. The number of hydrogen-bond acceptors (Lipinski definition) is 2. The van der Waals surface area contributed by atoms with Gasteiger partial charge < -0.3 is 0 Å². The highest BCUT2D eigenvalue weighted by Gasteiger charge is 2.30. The van der Waals surface area contributed by atoms with Gasteiger partial charge in [-0.2, -0.15) is 0 Å². The molecule has 2 rings (SSSR count). The molecule has 0 radical (unpaired) electrons. The molecule has 1 unspecified atom stereocenters. The molecule has 4 heteroatoms. The molecule has 1 aromatic rings. The van der Waals surface area contributed by atoms with E-state index in [1.165, 1.54) is 5.56 Å². The van der Waals surface area contributed by atoms with E-state index < -0.39 is 0 Å². The van der Waals surface area contributed by atoms with E-state index in [4.69, 9.17) is 11.6 Å². The second-order valence-corrected chi connectivity index (χ2v) is 4.41. The summed E-state index contributed by atoms with van der Waals surface area (Å²) in [6, 6.07) is 3.96. The SMILES string of the molecule is CCc1ccnc(N2CC(CCl)CC2=O)c1. The molecule has 0 N–H and O–H groups in total. The van der Waals surface area contributed by atoms with E-state index in [9.17, 15) is 4.79 Å². The third kappa shape index (κ3) is 2.19. The van der Waals surface area contributed by atoms with Crippen LogP contribution in [0.1, 0.15) is 18.9 Å². The van der Waals surface area contributed by atoms with Gasteiger partial charge in [-0.15, -0.1) is 11.6 Å². The first-order chi connectivity index (χ1) is 7.74. The van der Waals surface area contributed by atoms with Gasteiger partial charge in [0.05, 0.1) is 0 Å². The van der Waals surface area contributed by atoms with Crippen LogP contribution in [0.25, 0.3) is 0 Å². The lowest BCUT2D eigenvalue weighted by Crippen LogP contribution is -2.25. The predicted octanol–water partition coefficient (Wildman–Crippen LogP) is 2.24. The molecule has 1 amide bonds. The number of pyridine rings is 1. The number of hydrogen-bond donors (Lipinski definition) is 0. The van der Waals surface area contributed by atoms with E-state index in [1.54, 1.807) is 11.1 Å². The molecule has 86 valence electrons. The Bertz CT molecular complexity index is 394. The van der Waals surface area contributed by atoms with Crippen LogP contribution in [0, 0.1) is 5.92 Å². The van der Waals surface area contributed by atoms with Crippen molar-refractivity contribution in [3.63, 3.8) is 0 Å². The molecule has 1 fully saturated rings. The smallest absolute Gasteiger partial charge is 0.228 e. The fourth-order valence-corrected chi connectivity index (χ4v) is 2.14. The lowest BCUT2D eigenvalue weighted by Gasteiger charge is -2.15. The molecule has 0 bridgehead atoms. The molecule has 0 aromatic carbocycles. The highest BCUT2D eigenvalue weighted by molar-refractivity contribution is 6.18. The summed E-state index contributed by atoms with van der Waals surface area (Å²) in [4.78, 5) is 17.8. The Morgan fingerprint density at radius 3 is 3.06 bits per heavy atom. The van der Waals surface area contributed by atoms with Crippen molar-refractivity contribution in [2.45, 2.75) is 19.8 Å². The third-order valence-electron chi connectivity index (χ3n) is 2.92. The monoisotopic (exact) mass is 238 g/mol. The number of anilines is 1. The summed E-state index contributed by atoms with van der Waals surface area (Å²) in [5.74, 6) is 1.69. The molecule has 0 spiro atoms. The fourth-order valence-electron chi connectivity index (χ4n) is 1.93. The molecule has 0 saturated carbocycles. The summed E-state index contributed by atoms with van der Waals surface area (Å²) in [6.45, 7) is 2.79. The van der Waals surface area contributed by atoms with Crippen molar-refractivity contribution in [3.8, 4) is 0 Å². The number of amides is 1. The third-order valence-corrected chi connectivity index (χ3v) is 3.35. The van der Waals surface area contributed by atoms with Crippen molar-refractivity contribution in [1.29, 1.82) is 0 Å². The Hall–Kier alpha value is -1.09. The van der Waals surface area contributed by atoms with Crippen LogP contribution in [0.5, 0.6) is 0 Å². The number of carbonyl (C=O) groups is 1. The standard InChI is InChI=1S/C12H15ClN2O/c1-2-9-3-4-14-11(5-9)15-8-10(7-13)6-12(15)16/h3-5,10H,2,6-8H2,1H3. The van der Waals surface area contributed by atoms with Crippen LogP contribution in [0.3, 0.4) is 0 Å². The van der Waals surface area contributed by atoms with Gasteiger partial charge >= 0.3 is 0 Å². The van der Waals surface area contributed by atoms with E-state index in [-0.39, 0.29) is 11.8 Å². The van der Waals surface area contributed by atoms with Gasteiger partial charge in [-0.25, -0.2) is 4.98 Å². The number of rotatable bonds is 3. The Morgan fingerprint density at radius 2 is 2.44 bits per heavy atom. The van der Waals surface area contributed by atoms with E-state index >= 15 is 0 Å². The van der Waals surface area contributed by atoms with Crippen LogP contribution >= 0.6 is 11.6 Å². The van der Waals surface area contributed by atoms with Gasteiger partial charge in [0.25, 0.3) is 0 Å². The fraction of sp³-hybridized carbons (Fsp3) is 0.500. The van der Waals surface area contributed by atoms with Gasteiger partial charge in [-0.1, -0.05) is 6.92 Å². The van der Waals surface area contributed by atoms with Crippen LogP contribution < -0.4 is 4.90 Å². The lowest BCUT2D eigenvalue weighted by molar-refractivity contribution is -0.117. The van der Waals surface area contributed by atoms with E-state index in [2.05, 4.69) is 11.9 Å². The molecule has 1 saturated heterocycles. The maximum Gasteiger partial charge on any atom is 0.228 e. The largest absolute Gasteiger partial charge is 0.296 e. The zero-order valence-electron chi connectivity index (χ0n) is 9.32. The van der Waals surface area contributed by atoms with Crippen molar-refractivity contribution in [3.05, 3.63) is 23.9 Å². The van der Waals surface area contributed by atoms with Gasteiger partial charge in [0.2, 0.25) is 5.91 Å². The zero-order valence-corrected chi connectivity index (χ0v) is 10.1. The van der Waals surface area contributed by atoms with Gasteiger partial charge in [-0.05, 0) is 30.0 Å². The summed E-state index contributed by atoms with van der Waals surface area (Å²) < 4.78 is 0. The van der Waals surface area contributed by atoms with Gasteiger partial charge in [-0.3, -0.25) is 9.69 Å². The first kappa shape index (κ1) is 11.4. The number of aryl methyl sites for hydroxylation is 1. The Morgan fingerprint density at radius 1 is 1.62 bits per heavy atom. The molecular weight excluding hydrogens is 224 g/mol. The predicted molar refractivity (Wildman–Crippen MR) is 64.8 cm³/mol. The lowest BCUT2D eigenvalue weighted by atomic mass is 10.1. The second-order valence-electron chi connectivity index (χ2n) is 4.10. The first-order valence-corrected chi connectivity index (χ1v) is 6.09. The van der Waals surface area contributed by atoms with Gasteiger partial charge in [0.1, 0.15) is 5.82 Å². The van der Waals surface area contributed by atoms with Crippen molar-refractivity contribution in [2.75, 3.05) is 17.3 Å². The van der Waals surface area contributed by atoms with Crippen LogP contribution in [0.4, 0.5) is 5.82 Å². The minimum absolute atomic E-state index is 0.131. The topological polar surface area (TPSA) is 33.2 Å². The highest BCUT2D eigenvalue weighted by Crippen LogP contribution is 2.24. The van der Waals surface area contributed by atoms with Crippen molar-refractivity contribution >= 4 is 23.3 Å². The Kier molecular flexibility index (Phi) is 3.44. The maximum atomic E-state index is 11.8.